The molecular formula is C16H21N3O2. The van der Waals surface area contributed by atoms with Crippen LogP contribution in [0.2, 0.25) is 0 Å². The van der Waals surface area contributed by atoms with Crippen molar-refractivity contribution in [1.82, 2.24) is 14.5 Å². The number of benzene rings is 1. The van der Waals surface area contributed by atoms with E-state index in [9.17, 15) is 4.79 Å². The minimum absolute atomic E-state index is 0.228. The summed E-state index contributed by atoms with van der Waals surface area (Å²) >= 11 is 0. The fourth-order valence-corrected chi connectivity index (χ4v) is 2.99. The molecule has 1 amide bonds. The van der Waals surface area contributed by atoms with Gasteiger partial charge in [0.1, 0.15) is 0 Å². The van der Waals surface area contributed by atoms with Gasteiger partial charge in [0.15, 0.2) is 0 Å². The lowest BCUT2D eigenvalue weighted by molar-refractivity contribution is -0.130. The molecule has 1 atom stereocenters. The van der Waals surface area contributed by atoms with Gasteiger partial charge in [-0.25, -0.2) is 4.98 Å². The SMILES string of the molecule is COCC1CCN(C(=O)CCn2cnc3ccccc32)C1. The van der Waals surface area contributed by atoms with Gasteiger partial charge < -0.3 is 14.2 Å². The number of fused-ring (bicyclic) bond motifs is 1. The van der Waals surface area contributed by atoms with E-state index in [2.05, 4.69) is 9.55 Å². The molecule has 2 heterocycles. The molecule has 0 spiro atoms. The van der Waals surface area contributed by atoms with E-state index in [-0.39, 0.29) is 5.91 Å². The highest BCUT2D eigenvalue weighted by molar-refractivity contribution is 5.77. The summed E-state index contributed by atoms with van der Waals surface area (Å²) in [5, 5.41) is 0. The average molecular weight is 287 g/mol. The summed E-state index contributed by atoms with van der Waals surface area (Å²) in [7, 11) is 1.72. The largest absolute Gasteiger partial charge is 0.384 e. The van der Waals surface area contributed by atoms with E-state index in [1.807, 2.05) is 35.5 Å². The molecular weight excluding hydrogens is 266 g/mol. The first-order chi connectivity index (χ1) is 10.3. The van der Waals surface area contributed by atoms with Gasteiger partial charge >= 0.3 is 0 Å². The predicted octanol–water partition coefficient (Wildman–Crippen LogP) is 1.92. The Hall–Kier alpha value is -1.88. The monoisotopic (exact) mass is 287 g/mol. The van der Waals surface area contributed by atoms with Gasteiger partial charge in [0.2, 0.25) is 5.91 Å². The third-order valence-corrected chi connectivity index (χ3v) is 4.13. The number of carbonyl (C=O) groups is 1. The molecule has 1 fully saturated rings. The molecule has 1 unspecified atom stereocenters. The van der Waals surface area contributed by atoms with Crippen molar-refractivity contribution in [3.05, 3.63) is 30.6 Å². The Balaban J connectivity index is 1.57. The standard InChI is InChI=1S/C16H21N3O2/c1-21-11-13-6-8-18(10-13)16(20)7-9-19-12-17-14-4-2-3-5-15(14)19/h2-5,12-13H,6-11H2,1H3. The second-order valence-electron chi connectivity index (χ2n) is 5.63. The first-order valence-corrected chi connectivity index (χ1v) is 7.44. The highest BCUT2D eigenvalue weighted by atomic mass is 16.5. The molecule has 1 aliphatic heterocycles. The summed E-state index contributed by atoms with van der Waals surface area (Å²) in [6, 6.07) is 8.00. The van der Waals surface area contributed by atoms with Crippen LogP contribution in [0.1, 0.15) is 12.8 Å². The van der Waals surface area contributed by atoms with Crippen LogP contribution in [0, 0.1) is 5.92 Å². The van der Waals surface area contributed by atoms with Crippen molar-refractivity contribution in [3.63, 3.8) is 0 Å². The molecule has 0 N–H and O–H groups in total. The van der Waals surface area contributed by atoms with Crippen LogP contribution in [0.15, 0.2) is 30.6 Å². The first kappa shape index (κ1) is 14.1. The van der Waals surface area contributed by atoms with Crippen molar-refractivity contribution in [2.45, 2.75) is 19.4 Å². The first-order valence-electron chi connectivity index (χ1n) is 7.44. The topological polar surface area (TPSA) is 47.4 Å². The molecule has 3 rings (SSSR count). The number of amides is 1. The van der Waals surface area contributed by atoms with E-state index in [0.717, 1.165) is 37.2 Å². The van der Waals surface area contributed by atoms with Crippen LogP contribution < -0.4 is 0 Å². The number of methoxy groups -OCH3 is 1. The number of hydrogen-bond acceptors (Lipinski definition) is 3. The minimum atomic E-state index is 0.228. The summed E-state index contributed by atoms with van der Waals surface area (Å²) < 4.78 is 7.22. The van der Waals surface area contributed by atoms with Crippen molar-refractivity contribution >= 4 is 16.9 Å². The van der Waals surface area contributed by atoms with E-state index in [1.165, 1.54) is 0 Å². The van der Waals surface area contributed by atoms with E-state index < -0.39 is 0 Å². The Morgan fingerprint density at radius 1 is 1.43 bits per heavy atom. The molecule has 1 aromatic carbocycles. The van der Waals surface area contributed by atoms with Crippen LogP contribution in [0.3, 0.4) is 0 Å². The van der Waals surface area contributed by atoms with Crippen LogP contribution in [0.5, 0.6) is 0 Å². The van der Waals surface area contributed by atoms with Gasteiger partial charge in [-0.15, -0.1) is 0 Å². The molecule has 1 aliphatic rings. The van der Waals surface area contributed by atoms with Crippen molar-refractivity contribution in [1.29, 1.82) is 0 Å². The second-order valence-corrected chi connectivity index (χ2v) is 5.63. The molecule has 2 aromatic rings. The van der Waals surface area contributed by atoms with Gasteiger partial charge in [0, 0.05) is 39.1 Å². The fourth-order valence-electron chi connectivity index (χ4n) is 2.99. The Morgan fingerprint density at radius 2 is 2.29 bits per heavy atom. The van der Waals surface area contributed by atoms with Crippen molar-refractivity contribution < 1.29 is 9.53 Å². The van der Waals surface area contributed by atoms with E-state index in [0.29, 0.717) is 18.9 Å². The predicted molar refractivity (Wildman–Crippen MR) is 80.9 cm³/mol. The molecule has 112 valence electrons. The van der Waals surface area contributed by atoms with Crippen LogP contribution in [-0.2, 0) is 16.1 Å². The van der Waals surface area contributed by atoms with E-state index in [1.54, 1.807) is 7.11 Å². The normalized spacial score (nSPS) is 18.5. The number of imidazole rings is 1. The molecule has 5 nitrogen and oxygen atoms in total. The summed E-state index contributed by atoms with van der Waals surface area (Å²) in [4.78, 5) is 18.6. The number of nitrogens with zero attached hydrogens (tertiary/aromatic N) is 3. The Morgan fingerprint density at radius 3 is 3.14 bits per heavy atom. The average Bonchev–Trinajstić information content (AvgIpc) is 3.12. The third kappa shape index (κ3) is 3.08. The summed E-state index contributed by atoms with van der Waals surface area (Å²) in [6.45, 7) is 3.12. The van der Waals surface area contributed by atoms with Gasteiger partial charge in [-0.1, -0.05) is 12.1 Å². The lowest BCUT2D eigenvalue weighted by atomic mass is 10.1. The molecule has 21 heavy (non-hydrogen) atoms. The van der Waals surface area contributed by atoms with Gasteiger partial charge in [-0.3, -0.25) is 4.79 Å². The third-order valence-electron chi connectivity index (χ3n) is 4.13. The van der Waals surface area contributed by atoms with E-state index >= 15 is 0 Å². The Labute approximate surface area is 124 Å². The maximum atomic E-state index is 12.3. The van der Waals surface area contributed by atoms with Crippen LogP contribution in [0.4, 0.5) is 0 Å². The lowest BCUT2D eigenvalue weighted by Crippen LogP contribution is -2.29. The van der Waals surface area contributed by atoms with Gasteiger partial charge in [0.25, 0.3) is 0 Å². The number of carbonyl (C=O) groups excluding carboxylic acids is 1. The highest BCUT2D eigenvalue weighted by Gasteiger charge is 2.25. The zero-order valence-electron chi connectivity index (χ0n) is 12.4. The highest BCUT2D eigenvalue weighted by Crippen LogP contribution is 2.18. The fraction of sp³-hybridized carbons (Fsp3) is 0.500. The zero-order valence-corrected chi connectivity index (χ0v) is 12.4. The number of para-hydroxylation sites is 2. The van der Waals surface area contributed by atoms with Crippen LogP contribution in [0.25, 0.3) is 11.0 Å². The van der Waals surface area contributed by atoms with Gasteiger partial charge in [-0.05, 0) is 18.6 Å². The van der Waals surface area contributed by atoms with Crippen molar-refractivity contribution in [2.75, 3.05) is 26.8 Å². The lowest BCUT2D eigenvalue weighted by Gasteiger charge is -2.16. The summed E-state index contributed by atoms with van der Waals surface area (Å²) in [5.41, 5.74) is 2.07. The summed E-state index contributed by atoms with van der Waals surface area (Å²) in [5.74, 6) is 0.722. The maximum absolute atomic E-state index is 12.3. The minimum Gasteiger partial charge on any atom is -0.384 e. The second kappa shape index (κ2) is 6.26. The summed E-state index contributed by atoms with van der Waals surface area (Å²) in [6.07, 6.45) is 3.39. The molecule has 1 aromatic heterocycles. The van der Waals surface area contributed by atoms with Crippen LogP contribution in [-0.4, -0.2) is 47.2 Å². The van der Waals surface area contributed by atoms with Crippen LogP contribution >= 0.6 is 0 Å². The van der Waals surface area contributed by atoms with Gasteiger partial charge in [0.05, 0.1) is 24.0 Å². The van der Waals surface area contributed by atoms with Crippen molar-refractivity contribution in [3.8, 4) is 0 Å². The molecule has 5 heteroatoms. The molecule has 0 bridgehead atoms. The molecule has 0 saturated carbocycles. The maximum Gasteiger partial charge on any atom is 0.224 e. The quantitative estimate of drug-likeness (QED) is 0.844. The number of aryl methyl sites for hydroxylation is 1. The molecule has 1 saturated heterocycles. The zero-order chi connectivity index (χ0) is 14.7. The Kier molecular flexibility index (Phi) is 4.20. The number of likely N-dealkylation sites (tertiary alicyclic amines) is 1. The van der Waals surface area contributed by atoms with Gasteiger partial charge in [-0.2, -0.15) is 0 Å². The number of rotatable bonds is 5. The smallest absolute Gasteiger partial charge is 0.224 e. The molecule has 0 radical (unpaired) electrons. The number of ether oxygens (including phenoxy) is 1. The van der Waals surface area contributed by atoms with E-state index in [4.69, 9.17) is 4.74 Å². The molecule has 0 aliphatic carbocycles. The number of aromatic nitrogens is 2. The Bertz CT molecular complexity index is 623. The number of hydrogen-bond donors (Lipinski definition) is 0. The van der Waals surface area contributed by atoms with Crippen molar-refractivity contribution in [2.24, 2.45) is 5.92 Å².